The molecule has 2 rings (SSSR count). The van der Waals surface area contributed by atoms with Gasteiger partial charge in [-0.05, 0) is 5.16 Å². The average molecular weight is 189 g/mol. The molecule has 14 heavy (non-hydrogen) atoms. The van der Waals surface area contributed by atoms with Crippen LogP contribution in [0, 0.1) is 0 Å². The van der Waals surface area contributed by atoms with Gasteiger partial charge in [0, 0.05) is 5.56 Å². The van der Waals surface area contributed by atoms with E-state index < -0.39 is 5.97 Å². The molecule has 1 radical (unpaired) electrons. The first-order chi connectivity index (χ1) is 6.83. The summed E-state index contributed by atoms with van der Waals surface area (Å²) in [6, 6.07) is 8.78. The molecule has 0 fully saturated rings. The molecular weight excluding hydrogens is 184 g/mol. The third-order valence-electron chi connectivity index (χ3n) is 1.78. The Morgan fingerprint density at radius 2 is 1.93 bits per heavy atom. The van der Waals surface area contributed by atoms with Crippen molar-refractivity contribution in [2.24, 2.45) is 10.3 Å². The molecule has 0 saturated carbocycles. The molecule has 1 aromatic carbocycles. The van der Waals surface area contributed by atoms with Crippen LogP contribution in [0.2, 0.25) is 0 Å². The second kappa shape index (κ2) is 3.29. The van der Waals surface area contributed by atoms with Crippen molar-refractivity contribution in [2.75, 3.05) is 0 Å². The smallest absolute Gasteiger partial charge is 0.310 e. The topological polar surface area (TPSA) is 70.9 Å². The maximum absolute atomic E-state index is 10.9. The highest BCUT2D eigenvalue weighted by Gasteiger charge is 2.29. The van der Waals surface area contributed by atoms with Gasteiger partial charge in [0.05, 0.1) is 0 Å². The van der Waals surface area contributed by atoms with Gasteiger partial charge in [0.25, 0.3) is 0 Å². The zero-order valence-electron chi connectivity index (χ0n) is 7.01. The fourth-order valence-electron chi connectivity index (χ4n) is 1.14. The minimum Gasteiger partial charge on any atom is -0.310 e. The maximum atomic E-state index is 10.9. The second-order valence-electron chi connectivity index (χ2n) is 2.62. The first-order valence-corrected chi connectivity index (χ1v) is 3.88. The molecular formula is C9H5N2O3. The Balaban J connectivity index is 2.42. The summed E-state index contributed by atoms with van der Waals surface area (Å²) >= 11 is 0. The number of hydrogen-bond acceptors (Lipinski definition) is 4. The van der Waals surface area contributed by atoms with Crippen molar-refractivity contribution in [1.29, 1.82) is 0 Å². The lowest BCUT2D eigenvalue weighted by atomic mass is 10.1. The fourth-order valence-corrected chi connectivity index (χ4v) is 1.14. The molecule has 0 spiro atoms. The standard InChI is InChI=1S/C9H5N2O3/c12-9-8(10-13)7(11-14-9)6-4-2-1-3-5-6/h1-5H/b10-8-. The molecule has 1 aliphatic heterocycles. The van der Waals surface area contributed by atoms with Crippen LogP contribution >= 0.6 is 0 Å². The van der Waals surface area contributed by atoms with E-state index in [2.05, 4.69) is 15.1 Å². The third-order valence-corrected chi connectivity index (χ3v) is 1.78. The summed E-state index contributed by atoms with van der Waals surface area (Å²) in [7, 11) is 0. The van der Waals surface area contributed by atoms with Gasteiger partial charge in [-0.3, -0.25) is 0 Å². The molecule has 0 bridgehead atoms. The molecule has 0 atom stereocenters. The molecule has 0 N–H and O–H groups in total. The van der Waals surface area contributed by atoms with Crippen molar-refractivity contribution in [3.05, 3.63) is 35.9 Å². The largest absolute Gasteiger partial charge is 0.389 e. The number of carbonyl (C=O) groups excluding carboxylic acids is 1. The molecule has 0 amide bonds. The highest BCUT2D eigenvalue weighted by atomic mass is 16.7. The maximum Gasteiger partial charge on any atom is 0.389 e. The number of carbonyl (C=O) groups is 1. The summed E-state index contributed by atoms with van der Waals surface area (Å²) < 4.78 is 0. The Hall–Kier alpha value is -2.17. The highest BCUT2D eigenvalue weighted by Crippen LogP contribution is 2.09. The van der Waals surface area contributed by atoms with Crippen LogP contribution in [0.1, 0.15) is 5.56 Å². The summed E-state index contributed by atoms with van der Waals surface area (Å²) in [4.78, 5) is 15.3. The van der Waals surface area contributed by atoms with E-state index in [1.807, 2.05) is 6.07 Å². The predicted molar refractivity (Wildman–Crippen MR) is 47.2 cm³/mol. The number of oxime groups is 1. The summed E-state index contributed by atoms with van der Waals surface area (Å²) in [5.74, 6) is -0.807. The van der Waals surface area contributed by atoms with Crippen molar-refractivity contribution < 1.29 is 14.8 Å². The van der Waals surface area contributed by atoms with Gasteiger partial charge in [-0.25, -0.2) is 4.79 Å². The van der Waals surface area contributed by atoms with E-state index in [4.69, 9.17) is 0 Å². The van der Waals surface area contributed by atoms with Crippen molar-refractivity contribution in [3.63, 3.8) is 0 Å². The Labute approximate surface area is 79.3 Å². The van der Waals surface area contributed by atoms with E-state index in [1.54, 1.807) is 24.3 Å². The van der Waals surface area contributed by atoms with Gasteiger partial charge in [-0.2, -0.15) is 0 Å². The number of nitrogens with zero attached hydrogens (tertiary/aromatic N) is 2. The van der Waals surface area contributed by atoms with E-state index >= 15 is 0 Å². The van der Waals surface area contributed by atoms with E-state index in [0.717, 1.165) is 0 Å². The van der Waals surface area contributed by atoms with Crippen molar-refractivity contribution in [1.82, 2.24) is 0 Å². The molecule has 5 nitrogen and oxygen atoms in total. The minimum absolute atomic E-state index is 0.186. The van der Waals surface area contributed by atoms with Gasteiger partial charge in [-0.15, -0.1) is 5.21 Å². The summed E-state index contributed by atoms with van der Waals surface area (Å²) in [5, 5.41) is 16.4. The van der Waals surface area contributed by atoms with Crippen LogP contribution in [0.25, 0.3) is 0 Å². The SMILES string of the molecule is [O]/N=C1\C(=O)ON=C1c1ccccc1. The Bertz CT molecular complexity index is 423. The highest BCUT2D eigenvalue weighted by molar-refractivity contribution is 6.70. The molecule has 0 aromatic heterocycles. The molecule has 0 saturated heterocycles. The molecule has 0 aliphatic carbocycles. The second-order valence-corrected chi connectivity index (χ2v) is 2.62. The van der Waals surface area contributed by atoms with Gasteiger partial charge >= 0.3 is 5.97 Å². The van der Waals surface area contributed by atoms with Crippen LogP contribution in [-0.2, 0) is 14.8 Å². The zero-order chi connectivity index (χ0) is 9.97. The predicted octanol–water partition coefficient (Wildman–Crippen LogP) is 0.734. The lowest BCUT2D eigenvalue weighted by Gasteiger charge is -1.94. The van der Waals surface area contributed by atoms with Crippen LogP contribution in [0.3, 0.4) is 0 Å². The summed E-state index contributed by atoms with van der Waals surface area (Å²) in [6.07, 6.45) is 0. The van der Waals surface area contributed by atoms with Crippen LogP contribution in [-0.4, -0.2) is 17.4 Å². The lowest BCUT2D eigenvalue weighted by Crippen LogP contribution is -2.18. The van der Waals surface area contributed by atoms with Crippen molar-refractivity contribution in [2.45, 2.75) is 0 Å². The lowest BCUT2D eigenvalue weighted by molar-refractivity contribution is -0.134. The van der Waals surface area contributed by atoms with Gasteiger partial charge in [-0.1, -0.05) is 35.5 Å². The Morgan fingerprint density at radius 3 is 2.57 bits per heavy atom. The molecule has 1 aliphatic rings. The summed E-state index contributed by atoms with van der Waals surface area (Å²) in [5.41, 5.74) is 0.537. The van der Waals surface area contributed by atoms with E-state index in [9.17, 15) is 10.0 Å². The molecule has 5 heteroatoms. The summed E-state index contributed by atoms with van der Waals surface area (Å²) in [6.45, 7) is 0. The quantitative estimate of drug-likeness (QED) is 0.482. The van der Waals surface area contributed by atoms with Crippen LogP contribution in [0.5, 0.6) is 0 Å². The van der Waals surface area contributed by atoms with Gasteiger partial charge < -0.3 is 4.84 Å². The minimum atomic E-state index is -0.807. The molecule has 69 valence electrons. The fraction of sp³-hybridized carbons (Fsp3) is 0. The number of hydrogen-bond donors (Lipinski definition) is 0. The molecule has 1 heterocycles. The van der Waals surface area contributed by atoms with Crippen LogP contribution in [0.15, 0.2) is 40.6 Å². The first-order valence-electron chi connectivity index (χ1n) is 3.88. The van der Waals surface area contributed by atoms with E-state index in [0.29, 0.717) is 5.56 Å². The first kappa shape index (κ1) is 8.43. The van der Waals surface area contributed by atoms with Gasteiger partial charge in [0.2, 0.25) is 5.71 Å². The zero-order valence-corrected chi connectivity index (χ0v) is 7.01. The number of rotatable bonds is 1. The average Bonchev–Trinajstić information content (AvgIpc) is 2.61. The Morgan fingerprint density at radius 1 is 1.21 bits per heavy atom. The monoisotopic (exact) mass is 189 g/mol. The molecule has 1 aromatic rings. The normalized spacial score (nSPS) is 18.1. The van der Waals surface area contributed by atoms with Crippen LogP contribution < -0.4 is 0 Å². The van der Waals surface area contributed by atoms with E-state index in [1.165, 1.54) is 0 Å². The van der Waals surface area contributed by atoms with Gasteiger partial charge in [0.15, 0.2) is 0 Å². The van der Waals surface area contributed by atoms with E-state index in [-0.39, 0.29) is 11.4 Å². The third kappa shape index (κ3) is 1.24. The Kier molecular flexibility index (Phi) is 1.98. The van der Waals surface area contributed by atoms with Crippen molar-refractivity contribution >= 4 is 17.4 Å². The van der Waals surface area contributed by atoms with Crippen LogP contribution in [0.4, 0.5) is 0 Å². The molecule has 0 unspecified atom stereocenters. The number of benzene rings is 1. The van der Waals surface area contributed by atoms with Crippen molar-refractivity contribution in [3.8, 4) is 0 Å². The van der Waals surface area contributed by atoms with Gasteiger partial charge in [0.1, 0.15) is 5.71 Å².